The van der Waals surface area contributed by atoms with Crippen LogP contribution < -0.4 is 5.56 Å². The Kier molecular flexibility index (Phi) is 4.11. The van der Waals surface area contributed by atoms with Crippen LogP contribution >= 0.6 is 11.3 Å². The molecule has 0 radical (unpaired) electrons. The Hall–Kier alpha value is -2.20. The number of allylic oxidation sites excluding steroid dienone is 1. The van der Waals surface area contributed by atoms with Gasteiger partial charge in [0.2, 0.25) is 0 Å². The van der Waals surface area contributed by atoms with Crippen molar-refractivity contribution in [2.75, 3.05) is 0 Å². The summed E-state index contributed by atoms with van der Waals surface area (Å²) in [4.78, 5) is 19.7. The van der Waals surface area contributed by atoms with Gasteiger partial charge in [0.1, 0.15) is 10.7 Å². The predicted molar refractivity (Wildman–Crippen MR) is 111 cm³/mol. The minimum absolute atomic E-state index is 0.104. The van der Waals surface area contributed by atoms with Gasteiger partial charge in [0, 0.05) is 11.4 Å². The maximum Gasteiger partial charge on any atom is 0.262 e. The van der Waals surface area contributed by atoms with Gasteiger partial charge in [-0.2, -0.15) is 0 Å². The Morgan fingerprint density at radius 1 is 1.23 bits per heavy atom. The van der Waals surface area contributed by atoms with Crippen LogP contribution in [0.25, 0.3) is 21.9 Å². The van der Waals surface area contributed by atoms with Gasteiger partial charge in [-0.15, -0.1) is 11.3 Å². The van der Waals surface area contributed by atoms with E-state index in [9.17, 15) is 4.79 Å². The van der Waals surface area contributed by atoms with E-state index in [0.717, 1.165) is 46.6 Å². The maximum atomic E-state index is 12.8. The van der Waals surface area contributed by atoms with Gasteiger partial charge in [-0.05, 0) is 47.1 Å². The highest BCUT2D eigenvalue weighted by Crippen LogP contribution is 2.30. The summed E-state index contributed by atoms with van der Waals surface area (Å²) in [7, 11) is 0. The Bertz CT molecular complexity index is 1060. The van der Waals surface area contributed by atoms with Crippen molar-refractivity contribution in [1.82, 2.24) is 9.55 Å². The molecule has 0 unspecified atom stereocenters. The number of hydrogen-bond donors (Lipinski definition) is 0. The molecule has 0 bridgehead atoms. The summed E-state index contributed by atoms with van der Waals surface area (Å²) >= 11 is 1.64. The minimum Gasteiger partial charge on any atom is -0.292 e. The molecule has 3 aromatic rings. The summed E-state index contributed by atoms with van der Waals surface area (Å²) in [5.41, 5.74) is 3.90. The van der Waals surface area contributed by atoms with E-state index in [4.69, 9.17) is 4.98 Å². The van der Waals surface area contributed by atoms with Crippen molar-refractivity contribution < 1.29 is 0 Å². The minimum atomic E-state index is 0.104. The molecule has 0 aliphatic carbocycles. The molecule has 0 saturated carbocycles. The van der Waals surface area contributed by atoms with Crippen LogP contribution in [-0.4, -0.2) is 9.55 Å². The Morgan fingerprint density at radius 2 is 1.96 bits per heavy atom. The van der Waals surface area contributed by atoms with E-state index < -0.39 is 0 Å². The van der Waals surface area contributed by atoms with Crippen LogP contribution in [0.5, 0.6) is 0 Å². The zero-order valence-corrected chi connectivity index (χ0v) is 16.6. The molecular weight excluding hydrogens is 340 g/mol. The van der Waals surface area contributed by atoms with Crippen LogP contribution in [0.15, 0.2) is 35.1 Å². The molecule has 0 amide bonds. The molecular formula is C22H24N2OS. The van der Waals surface area contributed by atoms with Crippen molar-refractivity contribution >= 4 is 33.2 Å². The van der Waals surface area contributed by atoms with Crippen molar-refractivity contribution in [3.63, 3.8) is 0 Å². The first-order chi connectivity index (χ1) is 12.4. The predicted octanol–water partition coefficient (Wildman–Crippen LogP) is 5.26. The molecule has 4 heteroatoms. The number of aryl methyl sites for hydroxylation is 1. The van der Waals surface area contributed by atoms with Crippen LogP contribution in [0.4, 0.5) is 0 Å². The standard InChI is InChI=1S/C22H24N2OS/c1-5-17-13-18-20(26-17)23-19-15(10-11-24(19)21(18)25)12-14-6-8-16(9-7-14)22(2,3)4/h6-9,12-13H,5,10-11H2,1-4H3. The SMILES string of the molecule is CCc1cc2c(=O)n3c(nc2s1)C(=Cc1ccc(C(C)(C)C)cc1)CC3. The highest BCUT2D eigenvalue weighted by atomic mass is 32.1. The third kappa shape index (κ3) is 2.92. The molecule has 4 rings (SSSR count). The van der Waals surface area contributed by atoms with Gasteiger partial charge in [-0.1, -0.05) is 52.0 Å². The highest BCUT2D eigenvalue weighted by Gasteiger charge is 2.22. The lowest BCUT2D eigenvalue weighted by atomic mass is 9.86. The summed E-state index contributed by atoms with van der Waals surface area (Å²) in [5.74, 6) is 0.840. The van der Waals surface area contributed by atoms with E-state index >= 15 is 0 Å². The number of hydrogen-bond acceptors (Lipinski definition) is 3. The lowest BCUT2D eigenvalue weighted by Crippen LogP contribution is -2.19. The number of benzene rings is 1. The van der Waals surface area contributed by atoms with E-state index in [1.807, 2.05) is 10.6 Å². The van der Waals surface area contributed by atoms with Crippen LogP contribution in [0.1, 0.15) is 55.9 Å². The average Bonchev–Trinajstić information content (AvgIpc) is 3.20. The molecule has 0 N–H and O–H groups in total. The summed E-state index contributed by atoms with van der Waals surface area (Å²) in [5, 5.41) is 0.770. The molecule has 0 fully saturated rings. The zero-order chi connectivity index (χ0) is 18.5. The van der Waals surface area contributed by atoms with Crippen molar-refractivity contribution in [2.24, 2.45) is 0 Å². The molecule has 2 aromatic heterocycles. The Morgan fingerprint density at radius 3 is 2.62 bits per heavy atom. The lowest BCUT2D eigenvalue weighted by molar-refractivity contribution is 0.590. The molecule has 3 nitrogen and oxygen atoms in total. The van der Waals surface area contributed by atoms with Gasteiger partial charge in [0.15, 0.2) is 0 Å². The molecule has 0 spiro atoms. The first-order valence-corrected chi connectivity index (χ1v) is 10.0. The largest absolute Gasteiger partial charge is 0.292 e. The van der Waals surface area contributed by atoms with Gasteiger partial charge in [-0.25, -0.2) is 4.98 Å². The van der Waals surface area contributed by atoms with Gasteiger partial charge < -0.3 is 0 Å². The van der Waals surface area contributed by atoms with Gasteiger partial charge >= 0.3 is 0 Å². The van der Waals surface area contributed by atoms with Crippen LogP contribution in [-0.2, 0) is 18.4 Å². The quantitative estimate of drug-likeness (QED) is 0.621. The van der Waals surface area contributed by atoms with Crippen molar-refractivity contribution in [1.29, 1.82) is 0 Å². The second-order valence-corrected chi connectivity index (χ2v) is 9.08. The second-order valence-electron chi connectivity index (χ2n) is 7.97. The first kappa shape index (κ1) is 17.2. The van der Waals surface area contributed by atoms with Gasteiger partial charge in [-0.3, -0.25) is 9.36 Å². The van der Waals surface area contributed by atoms with Crippen LogP contribution in [0.2, 0.25) is 0 Å². The van der Waals surface area contributed by atoms with E-state index in [-0.39, 0.29) is 11.0 Å². The van der Waals surface area contributed by atoms with E-state index in [1.165, 1.54) is 10.4 Å². The summed E-state index contributed by atoms with van der Waals surface area (Å²) in [6.45, 7) is 9.51. The fourth-order valence-electron chi connectivity index (χ4n) is 3.45. The monoisotopic (exact) mass is 364 g/mol. The third-order valence-corrected chi connectivity index (χ3v) is 6.23. The molecule has 26 heavy (non-hydrogen) atoms. The summed E-state index contributed by atoms with van der Waals surface area (Å²) in [6, 6.07) is 10.7. The van der Waals surface area contributed by atoms with Crippen molar-refractivity contribution in [2.45, 2.75) is 52.5 Å². The molecule has 3 heterocycles. The third-order valence-electron chi connectivity index (χ3n) is 5.06. The number of aromatic nitrogens is 2. The number of rotatable bonds is 2. The van der Waals surface area contributed by atoms with E-state index in [1.54, 1.807) is 11.3 Å². The van der Waals surface area contributed by atoms with Crippen molar-refractivity contribution in [3.8, 4) is 0 Å². The molecule has 0 atom stereocenters. The fraction of sp³-hybridized carbons (Fsp3) is 0.364. The molecule has 1 aliphatic rings. The second kappa shape index (κ2) is 6.20. The number of fused-ring (bicyclic) bond motifs is 2. The molecule has 1 aromatic carbocycles. The van der Waals surface area contributed by atoms with E-state index in [2.05, 4.69) is 58.0 Å². The smallest absolute Gasteiger partial charge is 0.262 e. The zero-order valence-electron chi connectivity index (χ0n) is 15.8. The first-order valence-electron chi connectivity index (χ1n) is 9.21. The normalized spacial score (nSPS) is 15.8. The number of nitrogens with zero attached hydrogens (tertiary/aromatic N) is 2. The summed E-state index contributed by atoms with van der Waals surface area (Å²) < 4.78 is 1.84. The molecule has 0 saturated heterocycles. The van der Waals surface area contributed by atoms with Crippen molar-refractivity contribution in [3.05, 3.63) is 62.5 Å². The Balaban J connectivity index is 1.76. The Labute approximate surface area is 158 Å². The van der Waals surface area contributed by atoms with E-state index in [0.29, 0.717) is 0 Å². The molecule has 1 aliphatic heterocycles. The highest BCUT2D eigenvalue weighted by molar-refractivity contribution is 7.18. The fourth-order valence-corrected chi connectivity index (χ4v) is 4.41. The van der Waals surface area contributed by atoms with Crippen LogP contribution in [0, 0.1) is 0 Å². The summed E-state index contributed by atoms with van der Waals surface area (Å²) in [6.07, 6.45) is 3.98. The lowest BCUT2D eigenvalue weighted by Gasteiger charge is -2.18. The van der Waals surface area contributed by atoms with Gasteiger partial charge in [0.05, 0.1) is 5.39 Å². The molecule has 134 valence electrons. The number of thiophene rings is 1. The topological polar surface area (TPSA) is 34.9 Å². The van der Waals surface area contributed by atoms with Gasteiger partial charge in [0.25, 0.3) is 5.56 Å². The maximum absolute atomic E-state index is 12.8. The average molecular weight is 365 g/mol. The van der Waals surface area contributed by atoms with Crippen LogP contribution in [0.3, 0.4) is 0 Å².